The number of nitrogens with two attached hydrogens (primary N) is 1. The van der Waals surface area contributed by atoms with Gasteiger partial charge in [0.1, 0.15) is 4.90 Å². The van der Waals surface area contributed by atoms with Crippen LogP contribution in [-0.4, -0.2) is 39.0 Å². The van der Waals surface area contributed by atoms with Crippen molar-refractivity contribution >= 4 is 27.3 Å². The standard InChI is InChI=1S/C11H15ClN2O3S/c1-17-9-4-5-14(7-9)18(15,16)11-3-2-8(13)6-10(11)12/h2-3,6,9H,4-5,7,13H2,1H3. The lowest BCUT2D eigenvalue weighted by molar-refractivity contribution is 0.115. The molecule has 0 aliphatic carbocycles. The van der Waals surface area contributed by atoms with Crippen LogP contribution in [0.25, 0.3) is 0 Å². The molecule has 0 radical (unpaired) electrons. The molecule has 1 aromatic rings. The summed E-state index contributed by atoms with van der Waals surface area (Å²) in [5.41, 5.74) is 5.99. The van der Waals surface area contributed by atoms with Crippen molar-refractivity contribution in [1.82, 2.24) is 4.31 Å². The molecule has 1 unspecified atom stereocenters. The summed E-state index contributed by atoms with van der Waals surface area (Å²) in [6.45, 7) is 0.807. The lowest BCUT2D eigenvalue weighted by Gasteiger charge is -2.17. The van der Waals surface area contributed by atoms with Crippen LogP contribution in [0.1, 0.15) is 6.42 Å². The fraction of sp³-hybridized carbons (Fsp3) is 0.455. The Morgan fingerprint density at radius 1 is 1.50 bits per heavy atom. The Kier molecular flexibility index (Phi) is 3.82. The first-order chi connectivity index (χ1) is 8.45. The first-order valence-corrected chi connectivity index (χ1v) is 7.35. The molecule has 0 amide bonds. The van der Waals surface area contributed by atoms with Crippen molar-refractivity contribution in [2.75, 3.05) is 25.9 Å². The summed E-state index contributed by atoms with van der Waals surface area (Å²) in [6, 6.07) is 4.41. The van der Waals surface area contributed by atoms with E-state index in [0.29, 0.717) is 25.2 Å². The Labute approximate surface area is 112 Å². The molecule has 1 aliphatic rings. The Morgan fingerprint density at radius 3 is 2.78 bits per heavy atom. The fourth-order valence-corrected chi connectivity index (χ4v) is 3.99. The number of methoxy groups -OCH3 is 1. The van der Waals surface area contributed by atoms with E-state index >= 15 is 0 Å². The molecule has 1 aliphatic heterocycles. The van der Waals surface area contributed by atoms with Crippen molar-refractivity contribution in [3.8, 4) is 0 Å². The number of hydrogen-bond donors (Lipinski definition) is 1. The van der Waals surface area contributed by atoms with Crippen LogP contribution in [-0.2, 0) is 14.8 Å². The van der Waals surface area contributed by atoms with E-state index in [1.165, 1.54) is 22.5 Å². The number of rotatable bonds is 3. The van der Waals surface area contributed by atoms with Crippen LogP contribution in [0.15, 0.2) is 23.1 Å². The van der Waals surface area contributed by atoms with Crippen molar-refractivity contribution in [2.24, 2.45) is 0 Å². The minimum absolute atomic E-state index is 0.0488. The maximum atomic E-state index is 12.4. The molecule has 2 N–H and O–H groups in total. The van der Waals surface area contributed by atoms with Crippen LogP contribution in [0.3, 0.4) is 0 Å². The third-order valence-electron chi connectivity index (χ3n) is 3.01. The second kappa shape index (κ2) is 5.05. The number of ether oxygens (including phenoxy) is 1. The number of benzene rings is 1. The average molecular weight is 291 g/mol. The van der Waals surface area contributed by atoms with Crippen molar-refractivity contribution in [3.63, 3.8) is 0 Å². The number of sulfonamides is 1. The zero-order valence-electron chi connectivity index (χ0n) is 9.97. The fourth-order valence-electron chi connectivity index (χ4n) is 1.97. The van der Waals surface area contributed by atoms with Crippen molar-refractivity contribution in [3.05, 3.63) is 23.2 Å². The van der Waals surface area contributed by atoms with E-state index in [0.717, 1.165) is 0 Å². The topological polar surface area (TPSA) is 72.6 Å². The van der Waals surface area contributed by atoms with E-state index in [4.69, 9.17) is 22.1 Å². The van der Waals surface area contributed by atoms with Gasteiger partial charge >= 0.3 is 0 Å². The molecule has 0 bridgehead atoms. The molecule has 2 rings (SSSR count). The highest BCUT2D eigenvalue weighted by atomic mass is 35.5. The van der Waals surface area contributed by atoms with Gasteiger partial charge in [-0.3, -0.25) is 0 Å². The van der Waals surface area contributed by atoms with E-state index in [1.807, 2.05) is 0 Å². The summed E-state index contributed by atoms with van der Waals surface area (Å²) in [6.07, 6.45) is 0.648. The molecule has 1 atom stereocenters. The highest BCUT2D eigenvalue weighted by Gasteiger charge is 2.33. The third kappa shape index (κ3) is 2.47. The van der Waals surface area contributed by atoms with Gasteiger partial charge in [0.05, 0.1) is 11.1 Å². The third-order valence-corrected chi connectivity index (χ3v) is 5.36. The number of hydrogen-bond acceptors (Lipinski definition) is 4. The quantitative estimate of drug-likeness (QED) is 0.853. The summed E-state index contributed by atoms with van der Waals surface area (Å²) in [7, 11) is -1.98. The monoisotopic (exact) mass is 290 g/mol. The highest BCUT2D eigenvalue weighted by molar-refractivity contribution is 7.89. The van der Waals surface area contributed by atoms with Crippen molar-refractivity contribution in [1.29, 1.82) is 0 Å². The normalized spacial score (nSPS) is 21.3. The van der Waals surface area contributed by atoms with Crippen molar-refractivity contribution < 1.29 is 13.2 Å². The van der Waals surface area contributed by atoms with E-state index < -0.39 is 10.0 Å². The van der Waals surface area contributed by atoms with Crippen LogP contribution < -0.4 is 5.73 Å². The molecule has 7 heteroatoms. The maximum absolute atomic E-state index is 12.4. The number of halogens is 1. The first-order valence-electron chi connectivity index (χ1n) is 5.53. The summed E-state index contributed by atoms with van der Waals surface area (Å²) < 4.78 is 31.3. The van der Waals surface area contributed by atoms with Gasteiger partial charge in [-0.1, -0.05) is 11.6 Å². The van der Waals surface area contributed by atoms with Gasteiger partial charge in [0.15, 0.2) is 0 Å². The molecule has 1 fully saturated rings. The summed E-state index contributed by atoms with van der Waals surface area (Å²) in [5, 5.41) is 0.149. The highest BCUT2D eigenvalue weighted by Crippen LogP contribution is 2.29. The smallest absolute Gasteiger partial charge is 0.244 e. The molecule has 1 aromatic carbocycles. The number of nitrogen functional groups attached to an aromatic ring is 1. The second-order valence-electron chi connectivity index (χ2n) is 4.20. The predicted molar refractivity (Wildman–Crippen MR) is 70.0 cm³/mol. The summed E-state index contributed by atoms with van der Waals surface area (Å²) in [5.74, 6) is 0. The first kappa shape index (κ1) is 13.6. The Balaban J connectivity index is 2.31. The molecular weight excluding hydrogens is 276 g/mol. The van der Waals surface area contributed by atoms with E-state index in [2.05, 4.69) is 0 Å². The van der Waals surface area contributed by atoms with Gasteiger partial charge in [-0.2, -0.15) is 4.31 Å². The van der Waals surface area contributed by atoms with Crippen LogP contribution in [0, 0.1) is 0 Å². The summed E-state index contributed by atoms with van der Waals surface area (Å²) >= 11 is 5.95. The zero-order chi connectivity index (χ0) is 13.3. The maximum Gasteiger partial charge on any atom is 0.244 e. The molecule has 0 spiro atoms. The molecule has 1 saturated heterocycles. The van der Waals surface area contributed by atoms with E-state index in [1.54, 1.807) is 7.11 Å². The Hall–Kier alpha value is -0.820. The van der Waals surface area contributed by atoms with Gasteiger partial charge < -0.3 is 10.5 Å². The molecular formula is C11H15ClN2O3S. The lowest BCUT2D eigenvalue weighted by Crippen LogP contribution is -2.30. The average Bonchev–Trinajstić information content (AvgIpc) is 2.77. The molecule has 0 saturated carbocycles. The second-order valence-corrected chi connectivity index (χ2v) is 6.51. The van der Waals surface area contributed by atoms with Crippen LogP contribution in [0.5, 0.6) is 0 Å². The minimum Gasteiger partial charge on any atom is -0.399 e. The van der Waals surface area contributed by atoms with Crippen molar-refractivity contribution in [2.45, 2.75) is 17.4 Å². The predicted octanol–water partition coefficient (Wildman–Crippen LogP) is 1.33. The number of nitrogens with zero attached hydrogens (tertiary/aromatic N) is 1. The molecule has 1 heterocycles. The van der Waals surface area contributed by atoms with Gasteiger partial charge in [-0.05, 0) is 24.6 Å². The zero-order valence-corrected chi connectivity index (χ0v) is 11.5. The van der Waals surface area contributed by atoms with Crippen LogP contribution in [0.4, 0.5) is 5.69 Å². The SMILES string of the molecule is COC1CCN(S(=O)(=O)c2ccc(N)cc2Cl)C1. The van der Waals surface area contributed by atoms with Gasteiger partial charge in [-0.25, -0.2) is 8.42 Å². The molecule has 18 heavy (non-hydrogen) atoms. The van der Waals surface area contributed by atoms with Gasteiger partial charge in [0.25, 0.3) is 0 Å². The van der Waals surface area contributed by atoms with Gasteiger partial charge in [0.2, 0.25) is 10.0 Å². The Morgan fingerprint density at radius 2 is 2.22 bits per heavy atom. The molecule has 100 valence electrons. The number of anilines is 1. The largest absolute Gasteiger partial charge is 0.399 e. The van der Waals surface area contributed by atoms with Gasteiger partial charge in [0, 0.05) is 25.9 Å². The van der Waals surface area contributed by atoms with Crippen LogP contribution in [0.2, 0.25) is 5.02 Å². The molecule has 5 nitrogen and oxygen atoms in total. The van der Waals surface area contributed by atoms with E-state index in [-0.39, 0.29) is 16.0 Å². The molecule has 0 aromatic heterocycles. The Bertz CT molecular complexity index is 547. The minimum atomic E-state index is -3.56. The van der Waals surface area contributed by atoms with Gasteiger partial charge in [-0.15, -0.1) is 0 Å². The summed E-state index contributed by atoms with van der Waals surface area (Å²) in [4.78, 5) is 0.0927. The lowest BCUT2D eigenvalue weighted by atomic mass is 10.3. The van der Waals surface area contributed by atoms with Crippen LogP contribution >= 0.6 is 11.6 Å². The van der Waals surface area contributed by atoms with E-state index in [9.17, 15) is 8.42 Å².